The first-order valence-corrected chi connectivity index (χ1v) is 6.99. The van der Waals surface area contributed by atoms with Crippen molar-refractivity contribution in [3.63, 3.8) is 0 Å². The quantitative estimate of drug-likeness (QED) is 0.814. The van der Waals surface area contributed by atoms with Gasteiger partial charge >= 0.3 is 0 Å². The molecular formula is C15H20N2O2. The van der Waals surface area contributed by atoms with Crippen LogP contribution in [-0.2, 0) is 4.79 Å². The lowest BCUT2D eigenvalue weighted by Gasteiger charge is -2.43. The lowest BCUT2D eigenvalue weighted by Crippen LogP contribution is -2.58. The van der Waals surface area contributed by atoms with Crippen LogP contribution in [0.4, 0.5) is 5.69 Å². The second-order valence-electron chi connectivity index (χ2n) is 5.24. The van der Waals surface area contributed by atoms with Gasteiger partial charge in [-0.2, -0.15) is 0 Å². The molecule has 0 N–H and O–H groups in total. The first-order valence-electron chi connectivity index (χ1n) is 6.99. The minimum absolute atomic E-state index is 0.101. The molecule has 2 saturated heterocycles. The Morgan fingerprint density at radius 3 is 2.63 bits per heavy atom. The van der Waals surface area contributed by atoms with Gasteiger partial charge in [0, 0.05) is 18.8 Å². The number of ether oxygens (including phenoxy) is 1. The summed E-state index contributed by atoms with van der Waals surface area (Å²) in [6.45, 7) is 2.86. The molecule has 2 fully saturated rings. The number of carbonyl (C=O) groups excluding carboxylic acids is 1. The molecule has 2 heterocycles. The molecule has 1 atom stereocenters. The molecule has 0 aliphatic carbocycles. The van der Waals surface area contributed by atoms with Crippen LogP contribution >= 0.6 is 0 Å². The predicted molar refractivity (Wildman–Crippen MR) is 74.6 cm³/mol. The highest BCUT2D eigenvalue weighted by Crippen LogP contribution is 2.27. The number of fused-ring (bicyclic) bond motifs is 1. The van der Waals surface area contributed by atoms with Gasteiger partial charge in [-0.05, 0) is 43.7 Å². The molecule has 1 aromatic carbocycles. The predicted octanol–water partition coefficient (Wildman–Crippen LogP) is 1.90. The summed E-state index contributed by atoms with van der Waals surface area (Å²) in [6, 6.07) is 7.86. The molecule has 2 aliphatic rings. The number of methoxy groups -OCH3 is 1. The Kier molecular flexibility index (Phi) is 3.42. The molecule has 1 amide bonds. The highest BCUT2D eigenvalue weighted by atomic mass is 16.5. The molecule has 0 bridgehead atoms. The van der Waals surface area contributed by atoms with E-state index in [-0.39, 0.29) is 11.9 Å². The summed E-state index contributed by atoms with van der Waals surface area (Å²) in [4.78, 5) is 16.8. The molecule has 0 radical (unpaired) electrons. The Hall–Kier alpha value is -1.55. The second-order valence-corrected chi connectivity index (χ2v) is 5.24. The molecule has 2 aliphatic heterocycles. The van der Waals surface area contributed by atoms with Crippen molar-refractivity contribution < 1.29 is 9.53 Å². The Bertz CT molecular complexity index is 458. The molecule has 0 spiro atoms. The van der Waals surface area contributed by atoms with Gasteiger partial charge in [0.2, 0.25) is 5.91 Å². The van der Waals surface area contributed by atoms with Crippen LogP contribution in [0.15, 0.2) is 24.3 Å². The van der Waals surface area contributed by atoms with E-state index in [1.807, 2.05) is 29.2 Å². The fraction of sp³-hybridized carbons (Fsp3) is 0.533. The Balaban J connectivity index is 1.79. The lowest BCUT2D eigenvalue weighted by atomic mass is 9.98. The van der Waals surface area contributed by atoms with Crippen molar-refractivity contribution in [2.24, 2.45) is 0 Å². The van der Waals surface area contributed by atoms with Crippen LogP contribution < -0.4 is 9.64 Å². The van der Waals surface area contributed by atoms with Crippen LogP contribution in [-0.4, -0.2) is 43.6 Å². The maximum atomic E-state index is 12.6. The Labute approximate surface area is 113 Å². The molecule has 4 nitrogen and oxygen atoms in total. The monoisotopic (exact) mass is 260 g/mol. The number of piperazine rings is 1. The highest BCUT2D eigenvalue weighted by Gasteiger charge is 2.36. The van der Waals surface area contributed by atoms with Gasteiger partial charge in [0.05, 0.1) is 13.2 Å². The molecule has 1 aromatic rings. The minimum Gasteiger partial charge on any atom is -0.497 e. The van der Waals surface area contributed by atoms with Crippen LogP contribution in [0, 0.1) is 0 Å². The van der Waals surface area contributed by atoms with Gasteiger partial charge in [-0.1, -0.05) is 6.42 Å². The first-order chi connectivity index (χ1) is 9.29. The zero-order valence-electron chi connectivity index (χ0n) is 11.3. The Morgan fingerprint density at radius 1 is 1.11 bits per heavy atom. The van der Waals surface area contributed by atoms with Gasteiger partial charge < -0.3 is 9.64 Å². The summed E-state index contributed by atoms with van der Waals surface area (Å²) < 4.78 is 5.16. The van der Waals surface area contributed by atoms with E-state index in [1.165, 1.54) is 12.8 Å². The summed E-state index contributed by atoms with van der Waals surface area (Å²) in [5, 5.41) is 0. The van der Waals surface area contributed by atoms with Crippen molar-refractivity contribution >= 4 is 11.6 Å². The topological polar surface area (TPSA) is 32.8 Å². The first kappa shape index (κ1) is 12.5. The molecule has 1 unspecified atom stereocenters. The summed E-state index contributed by atoms with van der Waals surface area (Å²) >= 11 is 0. The molecule has 102 valence electrons. The van der Waals surface area contributed by atoms with Crippen LogP contribution in [0.2, 0.25) is 0 Å². The standard InChI is InChI=1S/C15H20N2O2/c1-19-13-7-5-12(6-8-13)17-11-10-16-9-3-2-4-14(16)15(17)18/h5-8,14H,2-4,9-11H2,1H3. The van der Waals surface area contributed by atoms with Gasteiger partial charge in [-0.3, -0.25) is 9.69 Å². The number of benzene rings is 1. The maximum absolute atomic E-state index is 12.6. The summed E-state index contributed by atoms with van der Waals surface area (Å²) in [5.74, 6) is 1.09. The molecule has 0 aromatic heterocycles. The van der Waals surface area contributed by atoms with Crippen LogP contribution in [0.3, 0.4) is 0 Å². The van der Waals surface area contributed by atoms with E-state index in [0.717, 1.165) is 37.5 Å². The lowest BCUT2D eigenvalue weighted by molar-refractivity contribution is -0.127. The van der Waals surface area contributed by atoms with Crippen molar-refractivity contribution in [2.75, 3.05) is 31.6 Å². The molecule has 3 rings (SSSR count). The second kappa shape index (κ2) is 5.21. The Morgan fingerprint density at radius 2 is 1.89 bits per heavy atom. The number of carbonyl (C=O) groups is 1. The van der Waals surface area contributed by atoms with Crippen molar-refractivity contribution in [3.05, 3.63) is 24.3 Å². The summed E-state index contributed by atoms with van der Waals surface area (Å²) in [7, 11) is 1.65. The van der Waals surface area contributed by atoms with E-state index in [4.69, 9.17) is 4.74 Å². The zero-order valence-corrected chi connectivity index (χ0v) is 11.3. The zero-order chi connectivity index (χ0) is 13.2. The maximum Gasteiger partial charge on any atom is 0.244 e. The van der Waals surface area contributed by atoms with Crippen LogP contribution in [0.1, 0.15) is 19.3 Å². The minimum atomic E-state index is 0.101. The average molecular weight is 260 g/mol. The molecular weight excluding hydrogens is 240 g/mol. The van der Waals surface area contributed by atoms with Gasteiger partial charge in [-0.15, -0.1) is 0 Å². The van der Waals surface area contributed by atoms with Crippen molar-refractivity contribution in [2.45, 2.75) is 25.3 Å². The number of hydrogen-bond acceptors (Lipinski definition) is 3. The van der Waals surface area contributed by atoms with E-state index >= 15 is 0 Å². The smallest absolute Gasteiger partial charge is 0.244 e. The van der Waals surface area contributed by atoms with Crippen molar-refractivity contribution in [1.82, 2.24) is 4.90 Å². The molecule has 19 heavy (non-hydrogen) atoms. The van der Waals surface area contributed by atoms with E-state index < -0.39 is 0 Å². The number of nitrogens with zero attached hydrogens (tertiary/aromatic N) is 2. The SMILES string of the molecule is COc1ccc(N2CCN3CCCCC3C2=O)cc1. The van der Waals surface area contributed by atoms with Crippen LogP contribution in [0.25, 0.3) is 0 Å². The van der Waals surface area contributed by atoms with Crippen molar-refractivity contribution in [1.29, 1.82) is 0 Å². The average Bonchev–Trinajstić information content (AvgIpc) is 2.48. The van der Waals surface area contributed by atoms with E-state index in [0.29, 0.717) is 0 Å². The molecule has 4 heteroatoms. The van der Waals surface area contributed by atoms with Crippen LogP contribution in [0.5, 0.6) is 5.75 Å². The number of anilines is 1. The fourth-order valence-electron chi connectivity index (χ4n) is 3.08. The fourth-order valence-corrected chi connectivity index (χ4v) is 3.08. The van der Waals surface area contributed by atoms with Crippen molar-refractivity contribution in [3.8, 4) is 5.75 Å². The van der Waals surface area contributed by atoms with E-state index in [9.17, 15) is 4.79 Å². The van der Waals surface area contributed by atoms with Gasteiger partial charge in [-0.25, -0.2) is 0 Å². The largest absolute Gasteiger partial charge is 0.497 e. The van der Waals surface area contributed by atoms with Gasteiger partial charge in [0.25, 0.3) is 0 Å². The third-order valence-electron chi connectivity index (χ3n) is 4.16. The van der Waals surface area contributed by atoms with E-state index in [2.05, 4.69) is 4.90 Å². The molecule has 0 saturated carbocycles. The number of hydrogen-bond donors (Lipinski definition) is 0. The van der Waals surface area contributed by atoms with Gasteiger partial charge in [0.1, 0.15) is 5.75 Å². The number of rotatable bonds is 2. The summed E-state index contributed by atoms with van der Waals surface area (Å²) in [5.41, 5.74) is 0.982. The normalized spacial score (nSPS) is 24.2. The highest BCUT2D eigenvalue weighted by molar-refractivity contribution is 5.98. The number of amides is 1. The van der Waals surface area contributed by atoms with E-state index in [1.54, 1.807) is 7.11 Å². The number of piperidine rings is 1. The summed E-state index contributed by atoms with van der Waals surface area (Å²) in [6.07, 6.45) is 3.40. The third-order valence-corrected chi connectivity index (χ3v) is 4.16. The van der Waals surface area contributed by atoms with Gasteiger partial charge in [0.15, 0.2) is 0 Å². The third kappa shape index (κ3) is 2.32.